The first-order valence-corrected chi connectivity index (χ1v) is 12.0. The highest BCUT2D eigenvalue weighted by Gasteiger charge is 2.27. The number of aliphatic carboxylic acids is 1. The lowest BCUT2D eigenvalue weighted by Crippen LogP contribution is -2.52. The third-order valence-corrected chi connectivity index (χ3v) is 5.64. The number of alkyl carbamates (subject to hydrolysis) is 1. The van der Waals surface area contributed by atoms with Gasteiger partial charge in [-0.1, -0.05) is 98.8 Å². The molecule has 2 atom stereocenters. The summed E-state index contributed by atoms with van der Waals surface area (Å²) in [6.07, 6.45) is -0.282. The number of hydrogen-bond acceptors (Lipinski definition) is 4. The lowest BCUT2D eigenvalue weighted by molar-refractivity contribution is -0.142. The van der Waals surface area contributed by atoms with Gasteiger partial charge in [0.25, 0.3) is 0 Å². The first-order chi connectivity index (χ1) is 17.3. The minimum Gasteiger partial charge on any atom is -0.480 e. The summed E-state index contributed by atoms with van der Waals surface area (Å²) in [5.74, 6) is -1.62. The Morgan fingerprint density at radius 3 is 1.92 bits per heavy atom. The zero-order chi connectivity index (χ0) is 25.9. The van der Waals surface area contributed by atoms with Crippen molar-refractivity contribution in [2.75, 3.05) is 0 Å². The quantitative estimate of drug-likeness (QED) is 0.359. The van der Waals surface area contributed by atoms with Gasteiger partial charge in [-0.25, -0.2) is 9.59 Å². The highest BCUT2D eigenvalue weighted by molar-refractivity contribution is 5.89. The summed E-state index contributed by atoms with van der Waals surface area (Å²) in [5, 5.41) is 14.9. The average molecular weight is 489 g/mol. The number of amides is 2. The summed E-state index contributed by atoms with van der Waals surface area (Å²) in [6.45, 7) is 3.90. The Labute approximate surface area is 211 Å². The van der Waals surface area contributed by atoms with Gasteiger partial charge in [-0.15, -0.1) is 0 Å². The van der Waals surface area contributed by atoms with Crippen LogP contribution in [0.4, 0.5) is 4.79 Å². The lowest BCUT2D eigenvalue weighted by Gasteiger charge is -2.22. The van der Waals surface area contributed by atoms with Gasteiger partial charge < -0.3 is 20.5 Å². The normalized spacial score (nSPS) is 12.4. The number of carboxylic acid groups (broad SMARTS) is 1. The van der Waals surface area contributed by atoms with Crippen LogP contribution in [0.15, 0.2) is 84.9 Å². The van der Waals surface area contributed by atoms with Crippen molar-refractivity contribution < 1.29 is 24.2 Å². The molecule has 0 aliphatic rings. The topological polar surface area (TPSA) is 105 Å². The molecule has 3 aromatic rings. The third-order valence-electron chi connectivity index (χ3n) is 5.64. The van der Waals surface area contributed by atoms with Crippen LogP contribution in [-0.4, -0.2) is 35.2 Å². The van der Waals surface area contributed by atoms with Crippen LogP contribution in [0.5, 0.6) is 0 Å². The minimum atomic E-state index is -1.15. The van der Waals surface area contributed by atoms with E-state index in [1.807, 2.05) is 98.8 Å². The Morgan fingerprint density at radius 2 is 1.33 bits per heavy atom. The fourth-order valence-corrected chi connectivity index (χ4v) is 3.78. The Morgan fingerprint density at radius 1 is 0.750 bits per heavy atom. The monoisotopic (exact) mass is 488 g/mol. The third kappa shape index (κ3) is 8.27. The van der Waals surface area contributed by atoms with Gasteiger partial charge in [-0.3, -0.25) is 4.79 Å². The summed E-state index contributed by atoms with van der Waals surface area (Å²) in [7, 11) is 0. The molecule has 7 nitrogen and oxygen atoms in total. The number of carboxylic acids is 1. The summed E-state index contributed by atoms with van der Waals surface area (Å²) >= 11 is 0. The van der Waals surface area contributed by atoms with Crippen molar-refractivity contribution in [1.82, 2.24) is 10.6 Å². The molecule has 0 fully saturated rings. The van der Waals surface area contributed by atoms with Crippen LogP contribution >= 0.6 is 0 Å². The van der Waals surface area contributed by atoms with Gasteiger partial charge in [-0.05, 0) is 34.6 Å². The van der Waals surface area contributed by atoms with E-state index in [1.165, 1.54) is 0 Å². The lowest BCUT2D eigenvalue weighted by atomic mass is 9.99. The Bertz CT molecular complexity index is 1130. The van der Waals surface area contributed by atoms with Crippen LogP contribution in [0.1, 0.15) is 31.4 Å². The first kappa shape index (κ1) is 26.5. The molecule has 7 heteroatoms. The Balaban J connectivity index is 1.61. The van der Waals surface area contributed by atoms with E-state index >= 15 is 0 Å². The van der Waals surface area contributed by atoms with Crippen molar-refractivity contribution in [3.63, 3.8) is 0 Å². The Hall–Kier alpha value is -4.13. The molecule has 36 heavy (non-hydrogen) atoms. The number of nitrogens with one attached hydrogen (secondary N) is 2. The predicted octanol–water partition coefficient (Wildman–Crippen LogP) is 4.81. The fourth-order valence-electron chi connectivity index (χ4n) is 3.78. The molecule has 0 spiro atoms. The maximum absolute atomic E-state index is 13.0. The molecule has 0 bridgehead atoms. The number of ether oxygens (including phenoxy) is 1. The van der Waals surface area contributed by atoms with E-state index in [0.717, 1.165) is 22.3 Å². The van der Waals surface area contributed by atoms with Crippen molar-refractivity contribution in [3.8, 4) is 11.1 Å². The maximum Gasteiger partial charge on any atom is 0.408 e. The number of benzene rings is 3. The highest BCUT2D eigenvalue weighted by Crippen LogP contribution is 2.20. The van der Waals surface area contributed by atoms with Crippen molar-refractivity contribution in [2.24, 2.45) is 5.92 Å². The van der Waals surface area contributed by atoms with Crippen LogP contribution < -0.4 is 10.6 Å². The standard InChI is InChI=1S/C29H32N2O5/c1-20(2)17-25(31-29(35)36-19-22-9-5-3-6-10-22)27(32)30-26(28(33)34)18-21-13-15-24(16-14-21)23-11-7-4-8-12-23/h3-16,20,25-26H,17-19H2,1-2H3,(H,30,32)(H,31,35)(H,33,34)/t25-,26+/m0/s1. The number of hydrogen-bond donors (Lipinski definition) is 3. The molecule has 188 valence electrons. The smallest absolute Gasteiger partial charge is 0.408 e. The molecule has 0 aliphatic carbocycles. The molecule has 3 rings (SSSR count). The largest absolute Gasteiger partial charge is 0.480 e. The molecule has 0 saturated heterocycles. The molecule has 3 aromatic carbocycles. The molecule has 3 N–H and O–H groups in total. The molecule has 0 heterocycles. The number of carbonyl (C=O) groups excluding carboxylic acids is 2. The second-order valence-electron chi connectivity index (χ2n) is 9.05. The van der Waals surface area contributed by atoms with Crippen LogP contribution in [0, 0.1) is 5.92 Å². The van der Waals surface area contributed by atoms with Gasteiger partial charge in [0, 0.05) is 6.42 Å². The predicted molar refractivity (Wildman–Crippen MR) is 138 cm³/mol. The van der Waals surface area contributed by atoms with Crippen molar-refractivity contribution in [1.29, 1.82) is 0 Å². The van der Waals surface area contributed by atoms with Gasteiger partial charge in [0.15, 0.2) is 0 Å². The summed E-state index contributed by atoms with van der Waals surface area (Å²) < 4.78 is 5.24. The van der Waals surface area contributed by atoms with Crippen LogP contribution in [0.25, 0.3) is 11.1 Å². The van der Waals surface area contributed by atoms with E-state index in [9.17, 15) is 19.5 Å². The zero-order valence-electron chi connectivity index (χ0n) is 20.5. The average Bonchev–Trinajstić information content (AvgIpc) is 2.88. The number of rotatable bonds is 11. The van der Waals surface area contributed by atoms with E-state index in [2.05, 4.69) is 10.6 Å². The minimum absolute atomic E-state index is 0.0689. The molecular formula is C29H32N2O5. The van der Waals surface area contributed by atoms with Crippen molar-refractivity contribution in [3.05, 3.63) is 96.1 Å². The maximum atomic E-state index is 13.0. The van der Waals surface area contributed by atoms with E-state index in [0.29, 0.717) is 6.42 Å². The van der Waals surface area contributed by atoms with Gasteiger partial charge in [0.05, 0.1) is 0 Å². The molecule has 0 aromatic heterocycles. The van der Waals surface area contributed by atoms with Crippen molar-refractivity contribution in [2.45, 2.75) is 45.4 Å². The van der Waals surface area contributed by atoms with E-state index < -0.39 is 30.1 Å². The van der Waals surface area contributed by atoms with Gasteiger partial charge in [0.1, 0.15) is 18.7 Å². The van der Waals surface area contributed by atoms with Crippen molar-refractivity contribution >= 4 is 18.0 Å². The molecule has 0 saturated carbocycles. The summed E-state index contributed by atoms with van der Waals surface area (Å²) in [6, 6.07) is 24.6. The van der Waals surface area contributed by atoms with Gasteiger partial charge in [-0.2, -0.15) is 0 Å². The Kier molecular flexibility index (Phi) is 9.63. The van der Waals surface area contributed by atoms with Crippen LogP contribution in [0.3, 0.4) is 0 Å². The first-order valence-electron chi connectivity index (χ1n) is 12.0. The summed E-state index contributed by atoms with van der Waals surface area (Å²) in [5.41, 5.74) is 3.68. The summed E-state index contributed by atoms with van der Waals surface area (Å²) in [4.78, 5) is 37.3. The second-order valence-corrected chi connectivity index (χ2v) is 9.05. The second kappa shape index (κ2) is 13.1. The molecule has 0 unspecified atom stereocenters. The van der Waals surface area contributed by atoms with Crippen LogP contribution in [0.2, 0.25) is 0 Å². The SMILES string of the molecule is CC(C)C[C@H](NC(=O)OCc1ccccc1)C(=O)N[C@H](Cc1ccc(-c2ccccc2)cc1)C(=O)O. The molecule has 0 aliphatic heterocycles. The molecule has 0 radical (unpaired) electrons. The van der Waals surface area contributed by atoms with Crippen LogP contribution in [-0.2, 0) is 27.4 Å². The van der Waals surface area contributed by atoms with Gasteiger partial charge in [0.2, 0.25) is 5.91 Å². The van der Waals surface area contributed by atoms with Gasteiger partial charge >= 0.3 is 12.1 Å². The molecule has 2 amide bonds. The van der Waals surface area contributed by atoms with E-state index in [1.54, 1.807) is 0 Å². The van der Waals surface area contributed by atoms with E-state index in [-0.39, 0.29) is 18.9 Å². The highest BCUT2D eigenvalue weighted by atomic mass is 16.5. The fraction of sp³-hybridized carbons (Fsp3) is 0.276. The van der Waals surface area contributed by atoms with E-state index in [4.69, 9.17) is 4.74 Å². The number of carbonyl (C=O) groups is 3. The zero-order valence-corrected chi connectivity index (χ0v) is 20.5. The molecular weight excluding hydrogens is 456 g/mol.